The Labute approximate surface area is 137 Å². The molecule has 2 heterocycles. The van der Waals surface area contributed by atoms with Crippen molar-refractivity contribution in [1.29, 1.82) is 0 Å². The van der Waals surface area contributed by atoms with Crippen LogP contribution in [-0.2, 0) is 12.9 Å². The zero-order valence-electron chi connectivity index (χ0n) is 11.2. The minimum absolute atomic E-state index is 0.0506. The number of halogens is 5. The van der Waals surface area contributed by atoms with Crippen molar-refractivity contribution in [2.75, 3.05) is 0 Å². The standard InChI is InChI=1S/C13H7Cl2F3N4O/c14-8-3-1-7(2-4-8)5-23-11-9-10(20-12(15)21-11)22(6-19-9)13(16,17)18/h1-4,6H,5H2. The highest BCUT2D eigenvalue weighted by Gasteiger charge is 2.34. The van der Waals surface area contributed by atoms with E-state index in [1.807, 2.05) is 0 Å². The Bertz CT molecular complexity index is 849. The van der Waals surface area contributed by atoms with Crippen molar-refractivity contribution in [3.05, 3.63) is 46.5 Å². The molecule has 0 aliphatic heterocycles. The van der Waals surface area contributed by atoms with Crippen molar-refractivity contribution < 1.29 is 17.9 Å². The molecule has 0 unspecified atom stereocenters. The summed E-state index contributed by atoms with van der Waals surface area (Å²) >= 11 is 11.5. The molecule has 0 atom stereocenters. The van der Waals surface area contributed by atoms with E-state index >= 15 is 0 Å². The highest BCUT2D eigenvalue weighted by atomic mass is 35.5. The molecule has 0 amide bonds. The maximum atomic E-state index is 12.9. The van der Waals surface area contributed by atoms with Crippen LogP contribution >= 0.6 is 23.2 Å². The second kappa shape index (κ2) is 5.86. The van der Waals surface area contributed by atoms with Gasteiger partial charge >= 0.3 is 6.30 Å². The second-order valence-corrected chi connectivity index (χ2v) is 5.24. The first-order valence-electron chi connectivity index (χ1n) is 6.19. The second-order valence-electron chi connectivity index (χ2n) is 4.47. The Morgan fingerprint density at radius 3 is 2.43 bits per heavy atom. The fraction of sp³-hybridized carbons (Fsp3) is 0.154. The highest BCUT2D eigenvalue weighted by molar-refractivity contribution is 6.30. The summed E-state index contributed by atoms with van der Waals surface area (Å²) < 4.78 is 44.0. The molecule has 10 heteroatoms. The molecule has 0 aliphatic rings. The van der Waals surface area contributed by atoms with Gasteiger partial charge in [0, 0.05) is 5.02 Å². The van der Waals surface area contributed by atoms with Crippen LogP contribution in [0.4, 0.5) is 13.2 Å². The number of benzene rings is 1. The van der Waals surface area contributed by atoms with Crippen LogP contribution in [0.15, 0.2) is 30.6 Å². The monoisotopic (exact) mass is 362 g/mol. The molecule has 0 spiro atoms. The van der Waals surface area contributed by atoms with Crippen LogP contribution in [0.2, 0.25) is 10.3 Å². The van der Waals surface area contributed by atoms with Gasteiger partial charge in [-0.2, -0.15) is 9.97 Å². The van der Waals surface area contributed by atoms with Crippen LogP contribution in [0, 0.1) is 0 Å². The molecule has 1 aromatic carbocycles. The molecule has 23 heavy (non-hydrogen) atoms. The Kier molecular flexibility index (Phi) is 4.03. The molecule has 0 N–H and O–H groups in total. The van der Waals surface area contributed by atoms with Gasteiger partial charge in [-0.25, -0.2) is 9.55 Å². The molecule has 3 rings (SSSR count). The molecule has 0 radical (unpaired) electrons. The molecule has 0 aliphatic carbocycles. The zero-order chi connectivity index (χ0) is 16.6. The van der Waals surface area contributed by atoms with Gasteiger partial charge in [-0.15, -0.1) is 13.2 Å². The number of imidazole rings is 1. The number of rotatable bonds is 3. The summed E-state index contributed by atoms with van der Waals surface area (Å²) in [6.45, 7) is 0.0679. The number of alkyl halides is 3. The summed E-state index contributed by atoms with van der Waals surface area (Å²) in [4.78, 5) is 11.0. The molecule has 0 saturated carbocycles. The van der Waals surface area contributed by atoms with E-state index in [1.54, 1.807) is 24.3 Å². The van der Waals surface area contributed by atoms with E-state index in [4.69, 9.17) is 27.9 Å². The lowest BCUT2D eigenvalue weighted by molar-refractivity contribution is -0.201. The predicted octanol–water partition coefficient (Wildman–Crippen LogP) is 4.19. The number of aromatic nitrogens is 4. The van der Waals surface area contributed by atoms with Crippen LogP contribution in [-0.4, -0.2) is 19.5 Å². The van der Waals surface area contributed by atoms with Gasteiger partial charge in [0.15, 0.2) is 11.2 Å². The predicted molar refractivity (Wildman–Crippen MR) is 77.4 cm³/mol. The van der Waals surface area contributed by atoms with E-state index in [9.17, 15) is 13.2 Å². The van der Waals surface area contributed by atoms with Crippen LogP contribution in [0.1, 0.15) is 5.56 Å². The third kappa shape index (κ3) is 3.32. The maximum Gasteiger partial charge on any atom is 0.491 e. The first-order chi connectivity index (χ1) is 10.8. The molecule has 0 saturated heterocycles. The minimum Gasteiger partial charge on any atom is -0.471 e. The smallest absolute Gasteiger partial charge is 0.471 e. The lowest BCUT2D eigenvalue weighted by Crippen LogP contribution is -2.16. The SMILES string of the molecule is FC(F)(F)n1cnc2c(OCc3ccc(Cl)cc3)nc(Cl)nc21. The zero-order valence-corrected chi connectivity index (χ0v) is 12.7. The van der Waals surface area contributed by atoms with Crippen molar-refractivity contribution >= 4 is 34.4 Å². The third-order valence-corrected chi connectivity index (χ3v) is 3.32. The quantitative estimate of drug-likeness (QED) is 0.655. The first-order valence-corrected chi connectivity index (χ1v) is 6.95. The molecule has 0 fully saturated rings. The highest BCUT2D eigenvalue weighted by Crippen LogP contribution is 2.30. The normalized spacial score (nSPS) is 11.9. The molecular weight excluding hydrogens is 356 g/mol. The summed E-state index contributed by atoms with van der Waals surface area (Å²) in [5.41, 5.74) is 0.164. The van der Waals surface area contributed by atoms with Crippen molar-refractivity contribution in [2.24, 2.45) is 0 Å². The number of nitrogens with zero attached hydrogens (tertiary/aromatic N) is 4. The lowest BCUT2D eigenvalue weighted by atomic mass is 10.2. The van der Waals surface area contributed by atoms with E-state index in [0.29, 0.717) is 11.3 Å². The fourth-order valence-corrected chi connectivity index (χ4v) is 2.15. The first kappa shape index (κ1) is 15.8. The van der Waals surface area contributed by atoms with Gasteiger partial charge in [-0.05, 0) is 29.3 Å². The molecule has 120 valence electrons. The van der Waals surface area contributed by atoms with Gasteiger partial charge in [0.2, 0.25) is 11.2 Å². The Morgan fingerprint density at radius 2 is 1.78 bits per heavy atom. The summed E-state index contributed by atoms with van der Waals surface area (Å²) in [6.07, 6.45) is -4.06. The molecule has 5 nitrogen and oxygen atoms in total. The van der Waals surface area contributed by atoms with E-state index < -0.39 is 11.9 Å². The van der Waals surface area contributed by atoms with E-state index in [1.165, 1.54) is 0 Å². The van der Waals surface area contributed by atoms with E-state index in [2.05, 4.69) is 15.0 Å². The Balaban J connectivity index is 1.94. The van der Waals surface area contributed by atoms with Gasteiger partial charge in [-0.1, -0.05) is 23.7 Å². The topological polar surface area (TPSA) is 52.8 Å². The largest absolute Gasteiger partial charge is 0.491 e. The number of hydrogen-bond acceptors (Lipinski definition) is 4. The number of fused-ring (bicyclic) bond motifs is 1. The van der Waals surface area contributed by atoms with E-state index in [-0.39, 0.29) is 27.9 Å². The number of ether oxygens (including phenoxy) is 1. The Hall–Kier alpha value is -2.06. The van der Waals surface area contributed by atoms with Crippen LogP contribution in [0.25, 0.3) is 11.2 Å². The average Bonchev–Trinajstić information content (AvgIpc) is 2.90. The third-order valence-electron chi connectivity index (χ3n) is 2.90. The van der Waals surface area contributed by atoms with Gasteiger partial charge in [0.05, 0.1) is 0 Å². The lowest BCUT2D eigenvalue weighted by Gasteiger charge is -2.09. The van der Waals surface area contributed by atoms with Crippen LogP contribution in [0.5, 0.6) is 5.88 Å². The van der Waals surface area contributed by atoms with Crippen molar-refractivity contribution in [3.63, 3.8) is 0 Å². The summed E-state index contributed by atoms with van der Waals surface area (Å²) in [5.74, 6) is -0.127. The summed E-state index contributed by atoms with van der Waals surface area (Å²) in [5, 5.41) is 0.194. The van der Waals surface area contributed by atoms with Gasteiger partial charge < -0.3 is 4.74 Å². The molecule has 0 bridgehead atoms. The summed E-state index contributed by atoms with van der Waals surface area (Å²) in [7, 11) is 0. The van der Waals surface area contributed by atoms with Gasteiger partial charge in [-0.3, -0.25) is 0 Å². The van der Waals surface area contributed by atoms with E-state index in [0.717, 1.165) is 5.56 Å². The maximum absolute atomic E-state index is 12.9. The average molecular weight is 363 g/mol. The van der Waals surface area contributed by atoms with Crippen molar-refractivity contribution in [2.45, 2.75) is 12.9 Å². The fourth-order valence-electron chi connectivity index (χ4n) is 1.87. The molecule has 2 aromatic heterocycles. The van der Waals surface area contributed by atoms with Crippen LogP contribution in [0.3, 0.4) is 0 Å². The minimum atomic E-state index is -4.67. The number of hydrogen-bond donors (Lipinski definition) is 0. The summed E-state index contributed by atoms with van der Waals surface area (Å²) in [6, 6.07) is 6.77. The molecular formula is C13H7Cl2F3N4O. The van der Waals surface area contributed by atoms with Gasteiger partial charge in [0.25, 0.3) is 0 Å². The van der Waals surface area contributed by atoms with Gasteiger partial charge in [0.1, 0.15) is 12.9 Å². The van der Waals surface area contributed by atoms with Crippen LogP contribution < -0.4 is 4.74 Å². The van der Waals surface area contributed by atoms with Crippen molar-refractivity contribution in [3.8, 4) is 5.88 Å². The molecule has 3 aromatic rings. The Morgan fingerprint density at radius 1 is 1.09 bits per heavy atom. The van der Waals surface area contributed by atoms with Crippen molar-refractivity contribution in [1.82, 2.24) is 19.5 Å².